The summed E-state index contributed by atoms with van der Waals surface area (Å²) in [7, 11) is 0. The van der Waals surface area contributed by atoms with Gasteiger partial charge in [0.1, 0.15) is 18.2 Å². The second-order valence-corrected chi connectivity index (χ2v) is 9.78. The first-order valence-electron chi connectivity index (χ1n) is 13.9. The summed E-state index contributed by atoms with van der Waals surface area (Å²) in [5.41, 5.74) is 0. The molecule has 1 aliphatic rings. The van der Waals surface area contributed by atoms with Crippen LogP contribution >= 0.6 is 0 Å². The average Bonchev–Trinajstić information content (AvgIpc) is 2.85. The van der Waals surface area contributed by atoms with Crippen LogP contribution in [0.3, 0.4) is 0 Å². The lowest BCUT2D eigenvalue weighted by Gasteiger charge is -2.37. The molecule has 5 atom stereocenters. The van der Waals surface area contributed by atoms with Gasteiger partial charge in [0.2, 0.25) is 6.41 Å². The normalized spacial score (nSPS) is 20.3. The monoisotopic (exact) mass is 491 g/mol. The van der Waals surface area contributed by atoms with E-state index in [9.17, 15) is 14.4 Å². The second-order valence-electron chi connectivity index (χ2n) is 9.78. The van der Waals surface area contributed by atoms with Crippen molar-refractivity contribution in [3.05, 3.63) is 24.3 Å². The highest BCUT2D eigenvalue weighted by Gasteiger charge is 2.43. The number of allylic oxidation sites excluding steroid dienone is 3. The van der Waals surface area contributed by atoms with Crippen molar-refractivity contribution in [2.75, 3.05) is 0 Å². The molecule has 1 amide bonds. The van der Waals surface area contributed by atoms with Gasteiger partial charge >= 0.3 is 11.9 Å². The molecule has 0 aliphatic carbocycles. The molecule has 6 heteroatoms. The van der Waals surface area contributed by atoms with Gasteiger partial charge in [0, 0.05) is 12.8 Å². The number of amides is 1. The van der Waals surface area contributed by atoms with E-state index in [2.05, 4.69) is 37.4 Å². The molecule has 1 saturated heterocycles. The molecule has 0 bridgehead atoms. The van der Waals surface area contributed by atoms with Gasteiger partial charge in [0.15, 0.2) is 0 Å². The summed E-state index contributed by atoms with van der Waals surface area (Å²) >= 11 is 0. The highest BCUT2D eigenvalue weighted by molar-refractivity contribution is 5.79. The lowest BCUT2D eigenvalue weighted by atomic mass is 9.87. The largest absolute Gasteiger partial charge is 0.461 e. The lowest BCUT2D eigenvalue weighted by molar-refractivity contribution is -0.190. The number of esters is 2. The van der Waals surface area contributed by atoms with Crippen molar-refractivity contribution in [3.8, 4) is 0 Å². The molecule has 1 heterocycles. The molecule has 0 spiro atoms. The van der Waals surface area contributed by atoms with E-state index in [1.54, 1.807) is 0 Å². The van der Waals surface area contributed by atoms with Gasteiger partial charge in [-0.05, 0) is 31.6 Å². The number of nitrogens with one attached hydrogen (secondary N) is 1. The fourth-order valence-corrected chi connectivity index (χ4v) is 4.32. The predicted octanol–water partition coefficient (Wildman–Crippen LogP) is 6.43. The summed E-state index contributed by atoms with van der Waals surface area (Å²) in [6.07, 6.45) is 21.2. The Hall–Kier alpha value is -2.11. The van der Waals surface area contributed by atoms with Crippen LogP contribution in [0.5, 0.6) is 0 Å². The number of rotatable bonds is 21. The zero-order chi connectivity index (χ0) is 25.9. The summed E-state index contributed by atoms with van der Waals surface area (Å²) in [4.78, 5) is 36.0. The molecule has 3 unspecified atom stereocenters. The first kappa shape index (κ1) is 30.9. The summed E-state index contributed by atoms with van der Waals surface area (Å²) in [6.45, 7) is 8.27. The van der Waals surface area contributed by atoms with Gasteiger partial charge in [-0.25, -0.2) is 4.79 Å². The molecule has 0 saturated carbocycles. The number of unbranched alkanes of at least 4 members (excludes halogenated alkanes) is 6. The molecule has 6 nitrogen and oxygen atoms in total. The van der Waals surface area contributed by atoms with Gasteiger partial charge in [-0.1, -0.05) is 96.9 Å². The minimum Gasteiger partial charge on any atom is -0.461 e. The van der Waals surface area contributed by atoms with Gasteiger partial charge in [-0.2, -0.15) is 0 Å². The number of ether oxygens (including phenoxy) is 2. The summed E-state index contributed by atoms with van der Waals surface area (Å²) in [5, 5.41) is 2.61. The minimum atomic E-state index is -0.677. The van der Waals surface area contributed by atoms with Crippen molar-refractivity contribution in [3.63, 3.8) is 0 Å². The highest BCUT2D eigenvalue weighted by atomic mass is 16.6. The van der Waals surface area contributed by atoms with Gasteiger partial charge < -0.3 is 14.8 Å². The average molecular weight is 492 g/mol. The molecule has 0 radical (unpaired) electrons. The Morgan fingerprint density at radius 1 is 1.03 bits per heavy atom. The second kappa shape index (κ2) is 19.1. The van der Waals surface area contributed by atoms with Crippen LogP contribution in [0.25, 0.3) is 0 Å². The van der Waals surface area contributed by atoms with Crippen molar-refractivity contribution >= 4 is 18.3 Å². The zero-order valence-corrected chi connectivity index (χ0v) is 22.5. The number of hydrogen-bond acceptors (Lipinski definition) is 5. The van der Waals surface area contributed by atoms with E-state index in [-0.39, 0.29) is 23.9 Å². The summed E-state index contributed by atoms with van der Waals surface area (Å²) in [6, 6.07) is -0.677. The molecule has 1 N–H and O–H groups in total. The van der Waals surface area contributed by atoms with Crippen molar-refractivity contribution < 1.29 is 23.9 Å². The van der Waals surface area contributed by atoms with E-state index in [1.807, 2.05) is 19.9 Å². The molecule has 1 aliphatic heterocycles. The van der Waals surface area contributed by atoms with E-state index in [4.69, 9.17) is 9.47 Å². The van der Waals surface area contributed by atoms with E-state index >= 15 is 0 Å². The van der Waals surface area contributed by atoms with Crippen molar-refractivity contribution in [2.45, 2.75) is 129 Å². The van der Waals surface area contributed by atoms with E-state index in [0.717, 1.165) is 44.9 Å². The SMILES string of the molecule is CCCCC/C=C/C/C=C/C[C@@H](CC1OC(=O)C1CCCCCC)OC(=O)[C@@H](NC=O)C(C)CC. The van der Waals surface area contributed by atoms with Crippen LogP contribution in [0, 0.1) is 11.8 Å². The standard InChI is InChI=1S/C29H49NO5/c1-5-8-10-12-13-14-15-16-17-19-24(34-29(33)27(30-22-31)23(4)7-3)21-26-25(28(32)35-26)20-18-11-9-6-2/h13-14,16-17,22-27H,5-12,15,18-21H2,1-4H3,(H,30,31)/b14-13+,17-16+/t23?,24-,25?,26?,27-/m0/s1. The van der Waals surface area contributed by atoms with Crippen LogP contribution in [-0.2, 0) is 23.9 Å². The summed E-state index contributed by atoms with van der Waals surface area (Å²) < 4.78 is 11.3. The Morgan fingerprint density at radius 2 is 1.74 bits per heavy atom. The van der Waals surface area contributed by atoms with E-state index in [0.29, 0.717) is 19.3 Å². The topological polar surface area (TPSA) is 81.7 Å². The fraction of sp³-hybridized carbons (Fsp3) is 0.759. The molecule has 1 fully saturated rings. The van der Waals surface area contributed by atoms with Crippen LogP contribution in [0.1, 0.15) is 111 Å². The summed E-state index contributed by atoms with van der Waals surface area (Å²) in [5.74, 6) is -0.706. The molecule has 200 valence electrons. The lowest BCUT2D eigenvalue weighted by Crippen LogP contribution is -2.48. The molecule has 0 aromatic rings. The van der Waals surface area contributed by atoms with Crippen LogP contribution in [0.2, 0.25) is 0 Å². The third kappa shape index (κ3) is 12.4. The van der Waals surface area contributed by atoms with Crippen LogP contribution in [0.15, 0.2) is 24.3 Å². The van der Waals surface area contributed by atoms with Crippen molar-refractivity contribution in [1.29, 1.82) is 0 Å². The molecular weight excluding hydrogens is 442 g/mol. The Bertz CT molecular complexity index is 659. The smallest absolute Gasteiger partial charge is 0.329 e. The number of cyclic esters (lactones) is 1. The number of carbonyl (C=O) groups is 3. The quantitative estimate of drug-likeness (QED) is 0.0865. The third-order valence-corrected chi connectivity index (χ3v) is 6.86. The van der Waals surface area contributed by atoms with E-state index in [1.165, 1.54) is 25.7 Å². The molecule has 0 aromatic heterocycles. The molecule has 1 rings (SSSR count). The van der Waals surface area contributed by atoms with Gasteiger partial charge in [0.05, 0.1) is 5.92 Å². The third-order valence-electron chi connectivity index (χ3n) is 6.86. The fourth-order valence-electron chi connectivity index (χ4n) is 4.32. The van der Waals surface area contributed by atoms with Crippen LogP contribution in [0.4, 0.5) is 0 Å². The van der Waals surface area contributed by atoms with Crippen LogP contribution < -0.4 is 5.32 Å². The Kier molecular flexibility index (Phi) is 16.9. The highest BCUT2D eigenvalue weighted by Crippen LogP contribution is 2.32. The molecule has 35 heavy (non-hydrogen) atoms. The Morgan fingerprint density at radius 3 is 2.40 bits per heavy atom. The first-order valence-corrected chi connectivity index (χ1v) is 13.9. The van der Waals surface area contributed by atoms with Gasteiger partial charge in [0.25, 0.3) is 0 Å². The number of carbonyl (C=O) groups excluding carboxylic acids is 3. The number of hydrogen-bond donors (Lipinski definition) is 1. The maximum Gasteiger partial charge on any atom is 0.329 e. The maximum atomic E-state index is 12.9. The van der Waals surface area contributed by atoms with E-state index < -0.39 is 18.1 Å². The first-order chi connectivity index (χ1) is 17.0. The Labute approximate surface area is 213 Å². The zero-order valence-electron chi connectivity index (χ0n) is 22.5. The van der Waals surface area contributed by atoms with Gasteiger partial charge in [-0.3, -0.25) is 9.59 Å². The molecule has 0 aromatic carbocycles. The van der Waals surface area contributed by atoms with Crippen LogP contribution in [-0.4, -0.2) is 36.6 Å². The molecular formula is C29H49NO5. The predicted molar refractivity (Wildman–Crippen MR) is 141 cm³/mol. The Balaban J connectivity index is 2.72. The van der Waals surface area contributed by atoms with Gasteiger partial charge in [-0.15, -0.1) is 0 Å². The maximum absolute atomic E-state index is 12.9. The van der Waals surface area contributed by atoms with Crippen molar-refractivity contribution in [1.82, 2.24) is 5.32 Å². The minimum absolute atomic E-state index is 0.0328. The van der Waals surface area contributed by atoms with Crippen molar-refractivity contribution in [2.24, 2.45) is 11.8 Å².